The van der Waals surface area contributed by atoms with Crippen LogP contribution in [0.3, 0.4) is 0 Å². The van der Waals surface area contributed by atoms with Crippen LogP contribution in [0.2, 0.25) is 10.0 Å². The van der Waals surface area contributed by atoms with Gasteiger partial charge in [-0.2, -0.15) is 0 Å². The van der Waals surface area contributed by atoms with Crippen LogP contribution in [-0.4, -0.2) is 12.3 Å². The maximum atomic E-state index is 12.1. The summed E-state index contributed by atoms with van der Waals surface area (Å²) in [6.45, 7) is 4.59. The second kappa shape index (κ2) is 7.13. The zero-order chi connectivity index (χ0) is 13.7. The number of carbonyl (C=O) groups excluding carboxylic acids is 1. The Morgan fingerprint density at radius 2 is 1.94 bits per heavy atom. The van der Waals surface area contributed by atoms with Crippen LogP contribution in [0.5, 0.6) is 0 Å². The highest BCUT2D eigenvalue weighted by Gasteiger charge is 2.18. The number of ketones is 1. The highest BCUT2D eigenvalue weighted by atomic mass is 35.5. The average molecular weight is 288 g/mol. The molecule has 0 fully saturated rings. The molecule has 0 radical (unpaired) electrons. The number of benzene rings is 1. The zero-order valence-corrected chi connectivity index (χ0v) is 12.3. The molecule has 0 aliphatic rings. The maximum absolute atomic E-state index is 12.1. The summed E-state index contributed by atoms with van der Waals surface area (Å²) in [7, 11) is 0. The normalized spacial score (nSPS) is 12.8. The van der Waals surface area contributed by atoms with Gasteiger partial charge in [-0.1, -0.05) is 43.1 Å². The van der Waals surface area contributed by atoms with E-state index in [0.717, 1.165) is 12.0 Å². The molecule has 1 atom stereocenters. The monoisotopic (exact) mass is 287 g/mol. The van der Waals surface area contributed by atoms with E-state index in [2.05, 4.69) is 13.8 Å². The molecule has 1 aromatic carbocycles. The van der Waals surface area contributed by atoms with Crippen LogP contribution in [0.4, 0.5) is 0 Å². The summed E-state index contributed by atoms with van der Waals surface area (Å²) in [5.74, 6) is 0.570. The zero-order valence-electron chi connectivity index (χ0n) is 10.7. The maximum Gasteiger partial charge on any atom is 0.141 e. The van der Waals surface area contributed by atoms with E-state index in [4.69, 9.17) is 28.9 Å². The first-order chi connectivity index (χ1) is 8.43. The van der Waals surface area contributed by atoms with Gasteiger partial charge in [0.15, 0.2) is 0 Å². The van der Waals surface area contributed by atoms with Gasteiger partial charge in [0.1, 0.15) is 5.78 Å². The number of Topliss-reactive ketones (excluding diaryl/α,β-unsaturated/α-hetero) is 1. The third-order valence-corrected chi connectivity index (χ3v) is 3.60. The largest absolute Gasteiger partial charge is 0.330 e. The van der Waals surface area contributed by atoms with Crippen LogP contribution in [0, 0.1) is 11.8 Å². The minimum atomic E-state index is -0.0700. The van der Waals surface area contributed by atoms with E-state index in [1.54, 1.807) is 12.1 Å². The number of carbonyl (C=O) groups is 1. The third-order valence-electron chi connectivity index (χ3n) is 2.86. The standard InChI is InChI=1S/C14H19Cl2NO/c1-9(2)5-11(8-17)14(18)7-10-3-4-12(15)13(16)6-10/h3-4,6,9,11H,5,7-8,17H2,1-2H3. The first-order valence-electron chi connectivity index (χ1n) is 6.10. The fourth-order valence-corrected chi connectivity index (χ4v) is 2.24. The van der Waals surface area contributed by atoms with Gasteiger partial charge in [-0.05, 0) is 30.0 Å². The van der Waals surface area contributed by atoms with Crippen LogP contribution in [0.25, 0.3) is 0 Å². The SMILES string of the molecule is CC(C)CC(CN)C(=O)Cc1ccc(Cl)c(Cl)c1. The van der Waals surface area contributed by atoms with Crippen LogP contribution >= 0.6 is 23.2 Å². The molecule has 2 nitrogen and oxygen atoms in total. The van der Waals surface area contributed by atoms with Crippen molar-refractivity contribution in [3.8, 4) is 0 Å². The number of rotatable bonds is 6. The van der Waals surface area contributed by atoms with Gasteiger partial charge in [-0.15, -0.1) is 0 Å². The molecule has 18 heavy (non-hydrogen) atoms. The molecule has 2 N–H and O–H groups in total. The van der Waals surface area contributed by atoms with Gasteiger partial charge in [-0.25, -0.2) is 0 Å². The van der Waals surface area contributed by atoms with Crippen molar-refractivity contribution in [2.45, 2.75) is 26.7 Å². The quantitative estimate of drug-likeness (QED) is 0.866. The smallest absolute Gasteiger partial charge is 0.141 e. The van der Waals surface area contributed by atoms with Crippen LogP contribution < -0.4 is 5.73 Å². The summed E-state index contributed by atoms with van der Waals surface area (Å²) in [5, 5.41) is 0.987. The van der Waals surface area contributed by atoms with Gasteiger partial charge in [0.25, 0.3) is 0 Å². The van der Waals surface area contributed by atoms with E-state index in [-0.39, 0.29) is 11.7 Å². The van der Waals surface area contributed by atoms with E-state index >= 15 is 0 Å². The molecule has 0 saturated carbocycles. The summed E-state index contributed by atoms with van der Waals surface area (Å²) >= 11 is 11.8. The van der Waals surface area contributed by atoms with E-state index in [9.17, 15) is 4.79 Å². The molecule has 1 unspecified atom stereocenters. The predicted molar refractivity (Wildman–Crippen MR) is 77.2 cm³/mol. The van der Waals surface area contributed by atoms with Crippen LogP contribution in [-0.2, 0) is 11.2 Å². The molecule has 0 aliphatic carbocycles. The second-order valence-corrected chi connectivity index (χ2v) is 5.77. The van der Waals surface area contributed by atoms with Gasteiger partial charge in [-0.3, -0.25) is 4.79 Å². The Morgan fingerprint density at radius 1 is 1.28 bits per heavy atom. The number of nitrogens with two attached hydrogens (primary N) is 1. The Labute approximate surface area is 118 Å². The van der Waals surface area contributed by atoms with E-state index in [0.29, 0.717) is 28.9 Å². The van der Waals surface area contributed by atoms with Crippen molar-refractivity contribution in [1.29, 1.82) is 0 Å². The van der Waals surface area contributed by atoms with E-state index in [1.165, 1.54) is 0 Å². The predicted octanol–water partition coefficient (Wildman–Crippen LogP) is 3.73. The molecular formula is C14H19Cl2NO. The van der Waals surface area contributed by atoms with E-state index < -0.39 is 0 Å². The average Bonchev–Trinajstić information content (AvgIpc) is 2.30. The molecular weight excluding hydrogens is 269 g/mol. The Kier molecular flexibility index (Phi) is 6.13. The van der Waals surface area contributed by atoms with Crippen molar-refractivity contribution in [3.63, 3.8) is 0 Å². The lowest BCUT2D eigenvalue weighted by molar-refractivity contribution is -0.122. The lowest BCUT2D eigenvalue weighted by atomic mass is 9.90. The molecule has 0 bridgehead atoms. The highest BCUT2D eigenvalue weighted by Crippen LogP contribution is 2.23. The van der Waals surface area contributed by atoms with Crippen molar-refractivity contribution in [1.82, 2.24) is 0 Å². The van der Waals surface area contributed by atoms with Gasteiger partial charge < -0.3 is 5.73 Å². The fourth-order valence-electron chi connectivity index (χ4n) is 1.92. The van der Waals surface area contributed by atoms with Crippen molar-refractivity contribution >= 4 is 29.0 Å². The summed E-state index contributed by atoms with van der Waals surface area (Å²) < 4.78 is 0. The topological polar surface area (TPSA) is 43.1 Å². The first-order valence-corrected chi connectivity index (χ1v) is 6.86. The Bertz CT molecular complexity index is 418. The molecule has 0 aliphatic heterocycles. The molecule has 0 aromatic heterocycles. The summed E-state index contributed by atoms with van der Waals surface area (Å²) in [4.78, 5) is 12.1. The molecule has 0 saturated heterocycles. The lowest BCUT2D eigenvalue weighted by Crippen LogP contribution is -2.26. The minimum absolute atomic E-state index is 0.0700. The van der Waals surface area contributed by atoms with Gasteiger partial charge in [0.05, 0.1) is 10.0 Å². The second-order valence-electron chi connectivity index (χ2n) is 4.95. The molecule has 0 amide bonds. The minimum Gasteiger partial charge on any atom is -0.330 e. The highest BCUT2D eigenvalue weighted by molar-refractivity contribution is 6.42. The fraction of sp³-hybridized carbons (Fsp3) is 0.500. The number of hydrogen-bond acceptors (Lipinski definition) is 2. The summed E-state index contributed by atoms with van der Waals surface area (Å²) in [5.41, 5.74) is 6.55. The van der Waals surface area contributed by atoms with Gasteiger partial charge in [0.2, 0.25) is 0 Å². The van der Waals surface area contributed by atoms with Gasteiger partial charge in [0, 0.05) is 18.9 Å². The number of hydrogen-bond donors (Lipinski definition) is 1. The molecule has 0 heterocycles. The van der Waals surface area contributed by atoms with E-state index in [1.807, 2.05) is 6.07 Å². The van der Waals surface area contributed by atoms with Crippen molar-refractivity contribution in [2.75, 3.05) is 6.54 Å². The molecule has 100 valence electrons. The Hall–Kier alpha value is -0.570. The van der Waals surface area contributed by atoms with Crippen LogP contribution in [0.15, 0.2) is 18.2 Å². The van der Waals surface area contributed by atoms with Crippen molar-refractivity contribution in [2.24, 2.45) is 17.6 Å². The number of halogens is 2. The third kappa shape index (κ3) is 4.60. The first kappa shape index (κ1) is 15.5. The Morgan fingerprint density at radius 3 is 2.44 bits per heavy atom. The summed E-state index contributed by atoms with van der Waals surface area (Å²) in [6.07, 6.45) is 1.20. The van der Waals surface area contributed by atoms with Crippen molar-refractivity contribution in [3.05, 3.63) is 33.8 Å². The lowest BCUT2D eigenvalue weighted by Gasteiger charge is -2.16. The Balaban J connectivity index is 2.70. The molecule has 0 spiro atoms. The molecule has 4 heteroatoms. The molecule has 1 aromatic rings. The van der Waals surface area contributed by atoms with Gasteiger partial charge >= 0.3 is 0 Å². The van der Waals surface area contributed by atoms with Crippen LogP contribution in [0.1, 0.15) is 25.8 Å². The summed E-state index contributed by atoms with van der Waals surface area (Å²) in [6, 6.07) is 5.28. The molecule has 1 rings (SSSR count). The van der Waals surface area contributed by atoms with Crippen molar-refractivity contribution < 1.29 is 4.79 Å².